The lowest BCUT2D eigenvalue weighted by atomic mass is 9.93. The average Bonchev–Trinajstić information content (AvgIpc) is 2.21. The molecule has 0 aliphatic heterocycles. The van der Waals surface area contributed by atoms with Gasteiger partial charge in [0.25, 0.3) is 0 Å². The van der Waals surface area contributed by atoms with E-state index in [-0.39, 0.29) is 0 Å². The van der Waals surface area contributed by atoms with Crippen molar-refractivity contribution in [1.82, 2.24) is 0 Å². The Hall–Kier alpha value is -0.430. The van der Waals surface area contributed by atoms with Crippen molar-refractivity contribution in [3.63, 3.8) is 0 Å². The maximum atomic E-state index is 4.24. The SMILES string of the molecule is CCC(CC)c1ccc(CS)cc1. The zero-order valence-corrected chi connectivity index (χ0v) is 9.35. The molecule has 0 bridgehead atoms. The van der Waals surface area contributed by atoms with E-state index in [9.17, 15) is 0 Å². The molecule has 0 unspecified atom stereocenters. The molecule has 0 saturated carbocycles. The molecule has 1 rings (SSSR count). The van der Waals surface area contributed by atoms with Crippen LogP contribution in [0.4, 0.5) is 0 Å². The van der Waals surface area contributed by atoms with Crippen molar-refractivity contribution in [2.45, 2.75) is 38.4 Å². The number of thiol groups is 1. The summed E-state index contributed by atoms with van der Waals surface area (Å²) >= 11 is 4.24. The van der Waals surface area contributed by atoms with Gasteiger partial charge in [-0.15, -0.1) is 0 Å². The van der Waals surface area contributed by atoms with Crippen LogP contribution in [0.1, 0.15) is 43.7 Å². The first-order valence-corrected chi connectivity index (χ1v) is 5.64. The van der Waals surface area contributed by atoms with E-state index < -0.39 is 0 Å². The highest BCUT2D eigenvalue weighted by molar-refractivity contribution is 7.79. The van der Waals surface area contributed by atoms with Gasteiger partial charge in [0, 0.05) is 5.75 Å². The van der Waals surface area contributed by atoms with Crippen LogP contribution in [0, 0.1) is 0 Å². The van der Waals surface area contributed by atoms with Crippen LogP contribution in [0.5, 0.6) is 0 Å². The largest absolute Gasteiger partial charge is 0.175 e. The molecule has 1 aromatic carbocycles. The molecule has 72 valence electrons. The molecule has 0 amide bonds. The minimum Gasteiger partial charge on any atom is -0.175 e. The molecule has 13 heavy (non-hydrogen) atoms. The number of benzene rings is 1. The van der Waals surface area contributed by atoms with E-state index in [1.54, 1.807) is 0 Å². The van der Waals surface area contributed by atoms with E-state index in [1.165, 1.54) is 24.0 Å². The van der Waals surface area contributed by atoms with Gasteiger partial charge in [0.15, 0.2) is 0 Å². The van der Waals surface area contributed by atoms with Gasteiger partial charge in [-0.25, -0.2) is 0 Å². The Morgan fingerprint density at radius 2 is 1.62 bits per heavy atom. The van der Waals surface area contributed by atoms with Crippen LogP contribution in [0.15, 0.2) is 24.3 Å². The fourth-order valence-electron chi connectivity index (χ4n) is 1.66. The Morgan fingerprint density at radius 3 is 2.00 bits per heavy atom. The zero-order valence-electron chi connectivity index (χ0n) is 8.46. The molecule has 0 saturated heterocycles. The third-order valence-electron chi connectivity index (χ3n) is 2.62. The van der Waals surface area contributed by atoms with Crippen molar-refractivity contribution < 1.29 is 0 Å². The van der Waals surface area contributed by atoms with Gasteiger partial charge in [-0.1, -0.05) is 38.1 Å². The summed E-state index contributed by atoms with van der Waals surface area (Å²) in [6.45, 7) is 4.50. The maximum Gasteiger partial charge on any atom is 0.0154 e. The van der Waals surface area contributed by atoms with Crippen molar-refractivity contribution in [3.8, 4) is 0 Å². The van der Waals surface area contributed by atoms with Crippen LogP contribution in [0.25, 0.3) is 0 Å². The number of rotatable bonds is 4. The average molecular weight is 194 g/mol. The van der Waals surface area contributed by atoms with Crippen LogP contribution in [-0.2, 0) is 5.75 Å². The standard InChI is InChI=1S/C12H18S/c1-3-11(4-2)12-7-5-10(9-13)6-8-12/h5-8,11,13H,3-4,9H2,1-2H3. The van der Waals surface area contributed by atoms with Gasteiger partial charge in [-0.05, 0) is 29.9 Å². The van der Waals surface area contributed by atoms with E-state index in [1.807, 2.05) is 0 Å². The van der Waals surface area contributed by atoms with Crippen molar-refractivity contribution in [2.24, 2.45) is 0 Å². The first-order chi connectivity index (χ1) is 6.31. The van der Waals surface area contributed by atoms with Gasteiger partial charge < -0.3 is 0 Å². The molecule has 0 aliphatic rings. The van der Waals surface area contributed by atoms with Crippen LogP contribution in [-0.4, -0.2) is 0 Å². The van der Waals surface area contributed by atoms with Crippen molar-refractivity contribution in [1.29, 1.82) is 0 Å². The summed E-state index contributed by atoms with van der Waals surface area (Å²) in [4.78, 5) is 0. The lowest BCUT2D eigenvalue weighted by Gasteiger charge is -2.12. The van der Waals surface area contributed by atoms with Gasteiger partial charge in [-0.2, -0.15) is 12.6 Å². The molecule has 0 spiro atoms. The van der Waals surface area contributed by atoms with E-state index in [4.69, 9.17) is 0 Å². The third-order valence-corrected chi connectivity index (χ3v) is 2.98. The Labute approximate surface area is 86.8 Å². The zero-order chi connectivity index (χ0) is 9.68. The minimum atomic E-state index is 0.731. The Kier molecular flexibility index (Phi) is 4.37. The second kappa shape index (κ2) is 5.33. The molecule has 0 radical (unpaired) electrons. The third kappa shape index (κ3) is 2.77. The van der Waals surface area contributed by atoms with Gasteiger partial charge in [0.05, 0.1) is 0 Å². The van der Waals surface area contributed by atoms with Crippen LogP contribution in [0.2, 0.25) is 0 Å². The first-order valence-electron chi connectivity index (χ1n) is 5.01. The first kappa shape index (κ1) is 10.6. The highest BCUT2D eigenvalue weighted by Gasteiger charge is 2.05. The van der Waals surface area contributed by atoms with E-state index in [0.29, 0.717) is 0 Å². The van der Waals surface area contributed by atoms with Gasteiger partial charge in [-0.3, -0.25) is 0 Å². The smallest absolute Gasteiger partial charge is 0.0154 e. The fraction of sp³-hybridized carbons (Fsp3) is 0.500. The van der Waals surface area contributed by atoms with E-state index in [0.717, 1.165) is 11.7 Å². The van der Waals surface area contributed by atoms with Crippen molar-refractivity contribution in [2.75, 3.05) is 0 Å². The Balaban J connectivity index is 2.78. The van der Waals surface area contributed by atoms with Gasteiger partial charge >= 0.3 is 0 Å². The molecule has 0 atom stereocenters. The summed E-state index contributed by atoms with van der Waals surface area (Å²) in [6, 6.07) is 8.84. The summed E-state index contributed by atoms with van der Waals surface area (Å²) in [5, 5.41) is 0. The molecule has 0 nitrogen and oxygen atoms in total. The highest BCUT2D eigenvalue weighted by atomic mass is 32.1. The van der Waals surface area contributed by atoms with E-state index in [2.05, 4.69) is 50.7 Å². The predicted octanol–water partition coefficient (Wildman–Crippen LogP) is 4.02. The number of hydrogen-bond acceptors (Lipinski definition) is 1. The van der Waals surface area contributed by atoms with Gasteiger partial charge in [0.2, 0.25) is 0 Å². The molecular weight excluding hydrogens is 176 g/mol. The van der Waals surface area contributed by atoms with Crippen molar-refractivity contribution >= 4 is 12.6 Å². The molecule has 0 fully saturated rings. The lowest BCUT2D eigenvalue weighted by molar-refractivity contribution is 0.642. The topological polar surface area (TPSA) is 0 Å². The highest BCUT2D eigenvalue weighted by Crippen LogP contribution is 2.23. The van der Waals surface area contributed by atoms with Crippen LogP contribution < -0.4 is 0 Å². The van der Waals surface area contributed by atoms with Crippen LogP contribution >= 0.6 is 12.6 Å². The van der Waals surface area contributed by atoms with E-state index >= 15 is 0 Å². The summed E-state index contributed by atoms with van der Waals surface area (Å²) in [6.07, 6.45) is 2.47. The molecule has 0 heterocycles. The second-order valence-corrected chi connectivity index (χ2v) is 3.73. The summed E-state index contributed by atoms with van der Waals surface area (Å²) in [7, 11) is 0. The van der Waals surface area contributed by atoms with Crippen molar-refractivity contribution in [3.05, 3.63) is 35.4 Å². The Morgan fingerprint density at radius 1 is 1.08 bits per heavy atom. The lowest BCUT2D eigenvalue weighted by Crippen LogP contribution is -1.95. The van der Waals surface area contributed by atoms with Crippen LogP contribution in [0.3, 0.4) is 0 Å². The number of hydrogen-bond donors (Lipinski definition) is 1. The normalized spacial score (nSPS) is 10.8. The predicted molar refractivity (Wildman–Crippen MR) is 62.5 cm³/mol. The summed E-state index contributed by atoms with van der Waals surface area (Å²) in [5.74, 6) is 1.57. The second-order valence-electron chi connectivity index (χ2n) is 3.41. The molecule has 0 aromatic heterocycles. The molecule has 1 heteroatoms. The monoisotopic (exact) mass is 194 g/mol. The molecular formula is C12H18S. The minimum absolute atomic E-state index is 0.731. The Bertz CT molecular complexity index is 234. The fourth-order valence-corrected chi connectivity index (χ4v) is 1.87. The maximum absolute atomic E-state index is 4.24. The summed E-state index contributed by atoms with van der Waals surface area (Å²) < 4.78 is 0. The molecule has 0 aliphatic carbocycles. The molecule has 0 N–H and O–H groups in total. The quantitative estimate of drug-likeness (QED) is 0.688. The summed E-state index contributed by atoms with van der Waals surface area (Å²) in [5.41, 5.74) is 2.77. The van der Waals surface area contributed by atoms with Gasteiger partial charge in [0.1, 0.15) is 0 Å². The molecule has 1 aromatic rings.